The van der Waals surface area contributed by atoms with Crippen molar-refractivity contribution in [3.8, 4) is 0 Å². The van der Waals surface area contributed by atoms with Crippen molar-refractivity contribution in [3.63, 3.8) is 0 Å². The van der Waals surface area contributed by atoms with Gasteiger partial charge in [0.15, 0.2) is 0 Å². The second-order valence-electron chi connectivity index (χ2n) is 2.39. The highest BCUT2D eigenvalue weighted by Gasteiger charge is 2.27. The van der Waals surface area contributed by atoms with Gasteiger partial charge in [0.25, 0.3) is 0 Å². The molecule has 1 aliphatic rings. The first-order chi connectivity index (χ1) is 4.92. The van der Waals surface area contributed by atoms with Gasteiger partial charge in [-0.25, -0.2) is 0 Å². The van der Waals surface area contributed by atoms with Crippen LogP contribution in [0, 0.1) is 0 Å². The molecule has 1 saturated heterocycles. The van der Waals surface area contributed by atoms with E-state index in [0.717, 1.165) is 13.2 Å². The third-order valence-corrected chi connectivity index (χ3v) is 1.71. The number of epoxide rings is 1. The number of nitrogens with zero attached hydrogens (tertiary/aromatic N) is 2. The molecule has 1 aromatic rings. The van der Waals surface area contributed by atoms with E-state index >= 15 is 0 Å². The minimum atomic E-state index is 0.336. The third-order valence-electron chi connectivity index (χ3n) is 1.71. The number of hydrogen-bond donors (Lipinski definition) is 0. The lowest BCUT2D eigenvalue weighted by Gasteiger charge is -1.98. The minimum absolute atomic E-state index is 0.336. The molecule has 3 heteroatoms. The number of aryl methyl sites for hydroxylation is 1. The summed E-state index contributed by atoms with van der Waals surface area (Å²) in [7, 11) is 0. The lowest BCUT2D eigenvalue weighted by Crippen LogP contribution is -2.00. The highest BCUT2D eigenvalue weighted by molar-refractivity contribution is 5.08. The largest absolute Gasteiger partial charge is 0.366 e. The van der Waals surface area contributed by atoms with Crippen molar-refractivity contribution in [2.24, 2.45) is 0 Å². The Hall–Kier alpha value is -0.830. The van der Waals surface area contributed by atoms with E-state index in [1.54, 1.807) is 0 Å². The van der Waals surface area contributed by atoms with E-state index in [4.69, 9.17) is 4.74 Å². The SMILES string of the molecule is CCn1nccc1[C@H]1CO1. The van der Waals surface area contributed by atoms with E-state index in [1.807, 2.05) is 16.9 Å². The molecule has 3 nitrogen and oxygen atoms in total. The molecule has 0 N–H and O–H groups in total. The van der Waals surface area contributed by atoms with Crippen LogP contribution in [-0.2, 0) is 11.3 Å². The topological polar surface area (TPSA) is 30.4 Å². The van der Waals surface area contributed by atoms with E-state index in [0.29, 0.717) is 6.10 Å². The van der Waals surface area contributed by atoms with Crippen molar-refractivity contribution in [3.05, 3.63) is 18.0 Å². The van der Waals surface area contributed by atoms with Crippen LogP contribution in [0.2, 0.25) is 0 Å². The molecule has 0 saturated carbocycles. The summed E-state index contributed by atoms with van der Waals surface area (Å²) < 4.78 is 7.10. The zero-order chi connectivity index (χ0) is 6.97. The fourth-order valence-electron chi connectivity index (χ4n) is 1.10. The summed E-state index contributed by atoms with van der Waals surface area (Å²) in [6, 6.07) is 2.02. The van der Waals surface area contributed by atoms with Crippen molar-refractivity contribution in [1.29, 1.82) is 0 Å². The fraction of sp³-hybridized carbons (Fsp3) is 0.571. The Morgan fingerprint density at radius 1 is 1.90 bits per heavy atom. The Labute approximate surface area is 59.6 Å². The summed E-state index contributed by atoms with van der Waals surface area (Å²) >= 11 is 0. The molecule has 0 amide bonds. The maximum atomic E-state index is 5.13. The van der Waals surface area contributed by atoms with Crippen molar-refractivity contribution >= 4 is 0 Å². The Morgan fingerprint density at radius 3 is 3.30 bits per heavy atom. The van der Waals surface area contributed by atoms with Crippen molar-refractivity contribution in [2.45, 2.75) is 19.6 Å². The maximum Gasteiger partial charge on any atom is 0.123 e. The second-order valence-corrected chi connectivity index (χ2v) is 2.39. The van der Waals surface area contributed by atoms with E-state index in [-0.39, 0.29) is 0 Å². The number of ether oxygens (including phenoxy) is 1. The van der Waals surface area contributed by atoms with Gasteiger partial charge in [-0.3, -0.25) is 4.68 Å². The molecule has 2 rings (SSSR count). The van der Waals surface area contributed by atoms with Gasteiger partial charge >= 0.3 is 0 Å². The Kier molecular flexibility index (Phi) is 1.24. The van der Waals surface area contributed by atoms with Gasteiger partial charge in [-0.1, -0.05) is 0 Å². The minimum Gasteiger partial charge on any atom is -0.366 e. The molecule has 1 aromatic heterocycles. The second kappa shape index (κ2) is 2.09. The van der Waals surface area contributed by atoms with Crippen LogP contribution in [0.15, 0.2) is 12.3 Å². The summed E-state index contributed by atoms with van der Waals surface area (Å²) in [5.74, 6) is 0. The van der Waals surface area contributed by atoms with Gasteiger partial charge in [0.05, 0.1) is 12.3 Å². The van der Waals surface area contributed by atoms with Gasteiger partial charge in [-0.15, -0.1) is 0 Å². The zero-order valence-electron chi connectivity index (χ0n) is 5.95. The summed E-state index contributed by atoms with van der Waals surface area (Å²) in [4.78, 5) is 0. The van der Waals surface area contributed by atoms with Gasteiger partial charge in [0.2, 0.25) is 0 Å². The van der Waals surface area contributed by atoms with Crippen molar-refractivity contribution in [1.82, 2.24) is 9.78 Å². The Morgan fingerprint density at radius 2 is 2.70 bits per heavy atom. The third kappa shape index (κ3) is 0.827. The highest BCUT2D eigenvalue weighted by atomic mass is 16.6. The first-order valence-corrected chi connectivity index (χ1v) is 3.55. The average molecular weight is 138 g/mol. The highest BCUT2D eigenvalue weighted by Crippen LogP contribution is 2.28. The first-order valence-electron chi connectivity index (χ1n) is 3.55. The Balaban J connectivity index is 2.28. The molecule has 0 unspecified atom stereocenters. The normalized spacial score (nSPS) is 23.1. The molecular weight excluding hydrogens is 128 g/mol. The molecule has 2 heterocycles. The molecule has 0 aromatic carbocycles. The van der Waals surface area contributed by atoms with Gasteiger partial charge in [-0.05, 0) is 13.0 Å². The van der Waals surface area contributed by atoms with E-state index < -0.39 is 0 Å². The molecule has 1 fully saturated rings. The van der Waals surface area contributed by atoms with Crippen LogP contribution in [-0.4, -0.2) is 16.4 Å². The van der Waals surface area contributed by atoms with Crippen molar-refractivity contribution in [2.75, 3.05) is 6.61 Å². The number of aromatic nitrogens is 2. The van der Waals surface area contributed by atoms with Crippen LogP contribution in [0.5, 0.6) is 0 Å². The van der Waals surface area contributed by atoms with Crippen LogP contribution in [0.3, 0.4) is 0 Å². The maximum absolute atomic E-state index is 5.13. The van der Waals surface area contributed by atoms with E-state index in [2.05, 4.69) is 12.0 Å². The summed E-state index contributed by atoms with van der Waals surface area (Å²) in [5.41, 5.74) is 1.21. The molecule has 0 spiro atoms. The standard InChI is InChI=1S/C7H10N2O/c1-2-9-6(3-4-8-9)7-5-10-7/h3-4,7H,2,5H2,1H3/t7-/m1/s1. The first kappa shape index (κ1) is 5.92. The molecule has 0 aliphatic carbocycles. The fourth-order valence-corrected chi connectivity index (χ4v) is 1.10. The molecule has 1 aliphatic heterocycles. The lowest BCUT2D eigenvalue weighted by molar-refractivity contribution is 0.400. The molecule has 0 bridgehead atoms. The van der Waals surface area contributed by atoms with Crippen molar-refractivity contribution < 1.29 is 4.74 Å². The van der Waals surface area contributed by atoms with Crippen LogP contribution >= 0.6 is 0 Å². The predicted molar refractivity (Wildman–Crippen MR) is 36.6 cm³/mol. The average Bonchev–Trinajstić information content (AvgIpc) is 2.69. The molecule has 54 valence electrons. The summed E-state index contributed by atoms with van der Waals surface area (Å²) in [6.45, 7) is 3.88. The quantitative estimate of drug-likeness (QED) is 0.570. The molecular formula is C7H10N2O. The molecule has 10 heavy (non-hydrogen) atoms. The van der Waals surface area contributed by atoms with Gasteiger partial charge in [0.1, 0.15) is 6.10 Å². The van der Waals surface area contributed by atoms with Crippen LogP contribution in [0.4, 0.5) is 0 Å². The van der Waals surface area contributed by atoms with E-state index in [9.17, 15) is 0 Å². The van der Waals surface area contributed by atoms with E-state index in [1.165, 1.54) is 5.69 Å². The molecule has 0 radical (unpaired) electrons. The number of hydrogen-bond acceptors (Lipinski definition) is 2. The van der Waals surface area contributed by atoms with Crippen LogP contribution in [0.1, 0.15) is 18.7 Å². The summed E-state index contributed by atoms with van der Waals surface area (Å²) in [5, 5.41) is 4.13. The predicted octanol–water partition coefficient (Wildman–Crippen LogP) is 0.974. The van der Waals surface area contributed by atoms with Gasteiger partial charge in [-0.2, -0.15) is 5.10 Å². The molecule has 1 atom stereocenters. The zero-order valence-corrected chi connectivity index (χ0v) is 5.95. The van der Waals surface area contributed by atoms with Gasteiger partial charge < -0.3 is 4.74 Å². The summed E-state index contributed by atoms with van der Waals surface area (Å²) in [6.07, 6.45) is 2.16. The smallest absolute Gasteiger partial charge is 0.123 e. The lowest BCUT2D eigenvalue weighted by atomic mass is 10.3. The van der Waals surface area contributed by atoms with Crippen LogP contribution < -0.4 is 0 Å². The van der Waals surface area contributed by atoms with Crippen LogP contribution in [0.25, 0.3) is 0 Å². The monoisotopic (exact) mass is 138 g/mol. The number of rotatable bonds is 2. The van der Waals surface area contributed by atoms with Gasteiger partial charge in [0, 0.05) is 12.7 Å². The Bertz CT molecular complexity index is 227.